The van der Waals surface area contributed by atoms with Crippen LogP contribution in [0.2, 0.25) is 15.1 Å². The van der Waals surface area contributed by atoms with Crippen LogP contribution in [0.5, 0.6) is 11.5 Å². The van der Waals surface area contributed by atoms with Gasteiger partial charge in [-0.3, -0.25) is 4.79 Å². The molecule has 8 heteroatoms. The van der Waals surface area contributed by atoms with Crippen molar-refractivity contribution in [3.8, 4) is 17.6 Å². The van der Waals surface area contributed by atoms with E-state index in [1.807, 2.05) is 13.0 Å². The lowest BCUT2D eigenvalue weighted by molar-refractivity contribution is -0.112. The summed E-state index contributed by atoms with van der Waals surface area (Å²) in [6, 6.07) is 9.87. The fourth-order valence-corrected chi connectivity index (χ4v) is 2.94. The molecule has 0 bridgehead atoms. The molecule has 2 aromatic carbocycles. The first-order valence-corrected chi connectivity index (χ1v) is 9.61. The van der Waals surface area contributed by atoms with E-state index in [1.54, 1.807) is 36.4 Å². The number of halogens is 3. The maximum absolute atomic E-state index is 12.5. The van der Waals surface area contributed by atoms with Crippen LogP contribution in [0.1, 0.15) is 12.5 Å². The molecule has 0 aromatic heterocycles. The van der Waals surface area contributed by atoms with Gasteiger partial charge in [0.25, 0.3) is 5.91 Å². The lowest BCUT2D eigenvalue weighted by Crippen LogP contribution is -2.13. The second-order valence-electron chi connectivity index (χ2n) is 5.59. The Kier molecular flexibility index (Phi) is 8.41. The third-order valence-corrected chi connectivity index (χ3v) is 4.65. The molecule has 0 spiro atoms. The number of amides is 1. The fraction of sp³-hybridized carbons (Fsp3) is 0.143. The van der Waals surface area contributed by atoms with Crippen molar-refractivity contribution in [1.82, 2.24) is 0 Å². The highest BCUT2D eigenvalue weighted by atomic mass is 35.5. The number of nitrogens with one attached hydrogen (secondary N) is 1. The Hall–Kier alpha value is -2.65. The van der Waals surface area contributed by atoms with E-state index in [2.05, 4.69) is 11.9 Å². The number of benzene rings is 2. The Morgan fingerprint density at radius 3 is 2.66 bits per heavy atom. The van der Waals surface area contributed by atoms with Crippen LogP contribution in [-0.4, -0.2) is 19.1 Å². The molecule has 0 unspecified atom stereocenters. The quantitative estimate of drug-likeness (QED) is 0.296. The molecule has 5 nitrogen and oxygen atoms in total. The minimum absolute atomic E-state index is 0.153. The van der Waals surface area contributed by atoms with Crippen LogP contribution < -0.4 is 14.8 Å². The Bertz CT molecular complexity index is 997. The summed E-state index contributed by atoms with van der Waals surface area (Å²) in [7, 11) is 0. The number of ether oxygens (including phenoxy) is 2. The number of hydrogen-bond acceptors (Lipinski definition) is 4. The number of carbonyl (C=O) groups excluding carboxylic acids is 1. The third-order valence-electron chi connectivity index (χ3n) is 3.55. The molecular weight excluding hydrogens is 435 g/mol. The normalized spacial score (nSPS) is 10.8. The van der Waals surface area contributed by atoms with Gasteiger partial charge in [-0.2, -0.15) is 5.26 Å². The highest BCUT2D eigenvalue weighted by Gasteiger charge is 2.15. The second-order valence-corrected chi connectivity index (χ2v) is 6.78. The van der Waals surface area contributed by atoms with Crippen LogP contribution in [0, 0.1) is 11.3 Å². The zero-order chi connectivity index (χ0) is 21.4. The van der Waals surface area contributed by atoms with E-state index >= 15 is 0 Å². The molecule has 0 aliphatic rings. The molecule has 0 radical (unpaired) electrons. The summed E-state index contributed by atoms with van der Waals surface area (Å²) in [5.74, 6) is 0.112. The Morgan fingerprint density at radius 1 is 1.24 bits per heavy atom. The molecule has 0 aliphatic carbocycles. The monoisotopic (exact) mass is 450 g/mol. The minimum atomic E-state index is -0.641. The summed E-state index contributed by atoms with van der Waals surface area (Å²) in [6.45, 7) is 6.05. The molecule has 0 fully saturated rings. The molecule has 0 atom stereocenters. The van der Waals surface area contributed by atoms with Crippen molar-refractivity contribution in [1.29, 1.82) is 5.26 Å². The van der Waals surface area contributed by atoms with E-state index in [1.165, 1.54) is 6.08 Å². The molecule has 2 aromatic rings. The molecule has 1 N–H and O–H groups in total. The van der Waals surface area contributed by atoms with Gasteiger partial charge < -0.3 is 14.8 Å². The highest BCUT2D eigenvalue weighted by molar-refractivity contribution is 6.44. The molecule has 1 amide bonds. The number of hydrogen-bond donors (Lipinski definition) is 1. The van der Waals surface area contributed by atoms with E-state index < -0.39 is 5.91 Å². The van der Waals surface area contributed by atoms with Gasteiger partial charge in [0.15, 0.2) is 11.5 Å². The van der Waals surface area contributed by atoms with Gasteiger partial charge in [0.1, 0.15) is 18.2 Å². The van der Waals surface area contributed by atoms with Crippen molar-refractivity contribution in [3.05, 3.63) is 69.2 Å². The fourth-order valence-electron chi connectivity index (χ4n) is 2.32. The largest absolute Gasteiger partial charge is 0.490 e. The summed E-state index contributed by atoms with van der Waals surface area (Å²) >= 11 is 18.3. The molecule has 150 valence electrons. The molecule has 0 aliphatic heterocycles. The van der Waals surface area contributed by atoms with Gasteiger partial charge in [-0.15, -0.1) is 0 Å². The van der Waals surface area contributed by atoms with Gasteiger partial charge >= 0.3 is 0 Å². The first-order valence-electron chi connectivity index (χ1n) is 8.48. The third kappa shape index (κ3) is 5.91. The number of carbonyl (C=O) groups is 1. The van der Waals surface area contributed by atoms with Crippen LogP contribution in [0.3, 0.4) is 0 Å². The van der Waals surface area contributed by atoms with Gasteiger partial charge in [-0.25, -0.2) is 0 Å². The van der Waals surface area contributed by atoms with E-state index in [0.29, 0.717) is 29.4 Å². The zero-order valence-electron chi connectivity index (χ0n) is 15.5. The number of nitriles is 1. The lowest BCUT2D eigenvalue weighted by atomic mass is 10.1. The number of rotatable bonds is 8. The Morgan fingerprint density at radius 2 is 2.00 bits per heavy atom. The van der Waals surface area contributed by atoms with E-state index in [0.717, 1.165) is 0 Å². The van der Waals surface area contributed by atoms with E-state index in [4.69, 9.17) is 44.3 Å². The van der Waals surface area contributed by atoms with Crippen molar-refractivity contribution < 1.29 is 14.3 Å². The molecular formula is C21H17Cl3N2O3. The molecule has 0 saturated heterocycles. The molecule has 2 rings (SSSR count). The maximum Gasteiger partial charge on any atom is 0.266 e. The van der Waals surface area contributed by atoms with Crippen LogP contribution in [0.25, 0.3) is 6.08 Å². The van der Waals surface area contributed by atoms with Crippen LogP contribution in [-0.2, 0) is 4.79 Å². The summed E-state index contributed by atoms with van der Waals surface area (Å²) < 4.78 is 11.1. The summed E-state index contributed by atoms with van der Waals surface area (Å²) in [4.78, 5) is 12.5. The molecule has 0 saturated carbocycles. The Balaban J connectivity index is 2.36. The lowest BCUT2D eigenvalue weighted by Gasteiger charge is -2.13. The van der Waals surface area contributed by atoms with Crippen molar-refractivity contribution in [2.45, 2.75) is 6.92 Å². The number of nitrogens with zero attached hydrogens (tertiary/aromatic N) is 1. The van der Waals surface area contributed by atoms with Gasteiger partial charge in [-0.05, 0) is 42.8 Å². The van der Waals surface area contributed by atoms with E-state index in [-0.39, 0.29) is 27.2 Å². The van der Waals surface area contributed by atoms with Crippen molar-refractivity contribution >= 4 is 52.5 Å². The molecule has 29 heavy (non-hydrogen) atoms. The average Bonchev–Trinajstić information content (AvgIpc) is 2.69. The standard InChI is InChI=1S/C21H17Cl3N2O3/c1-3-8-29-20-16(23)10-13(11-18(20)28-4-2)9-14(12-25)21(27)26-17-7-5-6-15(22)19(17)24/h3,5-7,9-11H,1,4,8H2,2H3,(H,26,27)/b14-9-. The van der Waals surface area contributed by atoms with Crippen molar-refractivity contribution in [3.63, 3.8) is 0 Å². The first-order chi connectivity index (χ1) is 13.9. The van der Waals surface area contributed by atoms with Crippen LogP contribution in [0.4, 0.5) is 5.69 Å². The van der Waals surface area contributed by atoms with Crippen LogP contribution >= 0.6 is 34.8 Å². The summed E-state index contributed by atoms with van der Waals surface area (Å²) in [5, 5.41) is 12.8. The highest BCUT2D eigenvalue weighted by Crippen LogP contribution is 2.37. The Labute approximate surface area is 184 Å². The summed E-state index contributed by atoms with van der Waals surface area (Å²) in [6.07, 6.45) is 2.97. The minimum Gasteiger partial charge on any atom is -0.490 e. The van der Waals surface area contributed by atoms with Gasteiger partial charge in [0.2, 0.25) is 0 Å². The zero-order valence-corrected chi connectivity index (χ0v) is 17.7. The second kappa shape index (κ2) is 10.8. The predicted molar refractivity (Wildman–Crippen MR) is 117 cm³/mol. The van der Waals surface area contributed by atoms with Gasteiger partial charge in [0.05, 0.1) is 27.4 Å². The smallest absolute Gasteiger partial charge is 0.266 e. The van der Waals surface area contributed by atoms with E-state index in [9.17, 15) is 10.1 Å². The average molecular weight is 452 g/mol. The van der Waals surface area contributed by atoms with Crippen molar-refractivity contribution in [2.75, 3.05) is 18.5 Å². The van der Waals surface area contributed by atoms with Gasteiger partial charge in [0, 0.05) is 0 Å². The first kappa shape index (κ1) is 22.6. The topological polar surface area (TPSA) is 71.3 Å². The van der Waals surface area contributed by atoms with Crippen LogP contribution in [0.15, 0.2) is 48.6 Å². The SMILES string of the molecule is C=CCOc1c(Cl)cc(/C=C(/C#N)C(=O)Nc2cccc(Cl)c2Cl)cc1OCC. The number of anilines is 1. The predicted octanol–water partition coefficient (Wildman–Crippen LogP) is 6.16. The summed E-state index contributed by atoms with van der Waals surface area (Å²) in [5.41, 5.74) is 0.638. The molecule has 0 heterocycles. The van der Waals surface area contributed by atoms with Gasteiger partial charge in [-0.1, -0.05) is 53.5 Å². The maximum atomic E-state index is 12.5. The van der Waals surface area contributed by atoms with Crippen molar-refractivity contribution in [2.24, 2.45) is 0 Å².